The van der Waals surface area contributed by atoms with Gasteiger partial charge >= 0.3 is 0 Å². The van der Waals surface area contributed by atoms with E-state index in [2.05, 4.69) is 26.6 Å². The third kappa shape index (κ3) is 2.07. The number of halogens is 1. The first kappa shape index (κ1) is 16.7. The molecule has 3 aliphatic heterocycles. The summed E-state index contributed by atoms with van der Waals surface area (Å²) in [4.78, 5) is 40.0. The first-order chi connectivity index (χ1) is 11.9. The molecule has 1 aromatic carbocycles. The number of nitrogens with one attached hydrogen (secondary N) is 2. The van der Waals surface area contributed by atoms with Gasteiger partial charge in [0.05, 0.1) is 25.0 Å². The molecule has 0 aliphatic carbocycles. The lowest BCUT2D eigenvalue weighted by Gasteiger charge is -2.29. The molecule has 2 saturated heterocycles. The van der Waals surface area contributed by atoms with Crippen molar-refractivity contribution in [3.63, 3.8) is 0 Å². The minimum Gasteiger partial charge on any atom is -0.383 e. The number of carbonyl (C=O) groups excluding carboxylic acids is 3. The van der Waals surface area contributed by atoms with Crippen LogP contribution in [0.1, 0.15) is 12.5 Å². The summed E-state index contributed by atoms with van der Waals surface area (Å²) in [6.45, 7) is 2.33. The first-order valence-electron chi connectivity index (χ1n) is 8.15. The molecule has 1 aromatic rings. The molecule has 3 amide bonds. The zero-order valence-corrected chi connectivity index (χ0v) is 15.4. The maximum atomic E-state index is 13.1. The lowest BCUT2D eigenvalue weighted by atomic mass is 9.76. The Morgan fingerprint density at radius 3 is 2.76 bits per heavy atom. The number of likely N-dealkylation sites (tertiary alicyclic amines) is 1. The minimum absolute atomic E-state index is 0.205. The fraction of sp³-hybridized carbons (Fsp3) is 0.471. The molecule has 1 spiro atoms. The molecule has 0 bridgehead atoms. The van der Waals surface area contributed by atoms with Crippen LogP contribution in [0.3, 0.4) is 0 Å². The standard InChI is InChI=1S/C17H18BrN3O4/c1-8-12-13(15(23)21(14(12)22)5-6-25-2)17(20-8)10-7-9(18)3-4-11(10)19-16(17)24/h3-4,7-8,12-13,20H,5-6H2,1-2H3,(H,19,24)/t8-,12+,13-,17-/m0/s1. The van der Waals surface area contributed by atoms with E-state index < -0.39 is 17.4 Å². The van der Waals surface area contributed by atoms with Crippen LogP contribution in [-0.4, -0.2) is 48.9 Å². The van der Waals surface area contributed by atoms with E-state index in [0.29, 0.717) is 11.3 Å². The van der Waals surface area contributed by atoms with Gasteiger partial charge in [-0.05, 0) is 25.1 Å². The van der Waals surface area contributed by atoms with Crippen LogP contribution < -0.4 is 10.6 Å². The van der Waals surface area contributed by atoms with Gasteiger partial charge in [-0.15, -0.1) is 0 Å². The molecule has 25 heavy (non-hydrogen) atoms. The Kier molecular flexibility index (Phi) is 3.75. The van der Waals surface area contributed by atoms with E-state index in [1.165, 1.54) is 12.0 Å². The van der Waals surface area contributed by atoms with Gasteiger partial charge in [0, 0.05) is 28.9 Å². The summed E-state index contributed by atoms with van der Waals surface area (Å²) < 4.78 is 5.83. The molecule has 3 aliphatic rings. The highest BCUT2D eigenvalue weighted by molar-refractivity contribution is 9.10. The molecule has 2 fully saturated rings. The van der Waals surface area contributed by atoms with E-state index in [1.54, 1.807) is 6.07 Å². The summed E-state index contributed by atoms with van der Waals surface area (Å²) >= 11 is 3.43. The van der Waals surface area contributed by atoms with Gasteiger partial charge in [0.25, 0.3) is 0 Å². The van der Waals surface area contributed by atoms with E-state index in [9.17, 15) is 14.4 Å². The van der Waals surface area contributed by atoms with Crippen molar-refractivity contribution in [3.05, 3.63) is 28.2 Å². The Morgan fingerprint density at radius 1 is 1.28 bits per heavy atom. The number of fused-ring (bicyclic) bond motifs is 4. The van der Waals surface area contributed by atoms with Crippen LogP contribution in [0, 0.1) is 11.8 Å². The SMILES string of the molecule is COCCN1C(=O)[C@@H]2[C@H](C)N[C@]3(C(=O)Nc4ccc(Br)cc43)[C@@H]2C1=O. The second kappa shape index (κ2) is 5.62. The van der Waals surface area contributed by atoms with E-state index >= 15 is 0 Å². The normalized spacial score (nSPS) is 33.2. The lowest BCUT2D eigenvalue weighted by molar-refractivity contribution is -0.143. The van der Waals surface area contributed by atoms with Gasteiger partial charge in [-0.25, -0.2) is 0 Å². The number of rotatable bonds is 3. The Bertz CT molecular complexity index is 798. The van der Waals surface area contributed by atoms with Crippen molar-refractivity contribution < 1.29 is 19.1 Å². The van der Waals surface area contributed by atoms with Crippen LogP contribution in [-0.2, 0) is 24.7 Å². The summed E-state index contributed by atoms with van der Waals surface area (Å²) in [7, 11) is 1.52. The average Bonchev–Trinajstić information content (AvgIpc) is 3.12. The summed E-state index contributed by atoms with van der Waals surface area (Å²) in [5, 5.41) is 6.12. The maximum Gasteiger partial charge on any atom is 0.250 e. The number of methoxy groups -OCH3 is 1. The van der Waals surface area contributed by atoms with Crippen LogP contribution in [0.2, 0.25) is 0 Å². The third-order valence-electron chi connectivity index (χ3n) is 5.43. The third-order valence-corrected chi connectivity index (χ3v) is 5.93. The number of carbonyl (C=O) groups is 3. The number of anilines is 1. The van der Waals surface area contributed by atoms with Gasteiger partial charge in [-0.1, -0.05) is 15.9 Å². The van der Waals surface area contributed by atoms with Crippen molar-refractivity contribution in [1.82, 2.24) is 10.2 Å². The maximum absolute atomic E-state index is 13.1. The predicted molar refractivity (Wildman–Crippen MR) is 92.6 cm³/mol. The molecule has 3 heterocycles. The number of imide groups is 1. The predicted octanol–water partition coefficient (Wildman–Crippen LogP) is 0.836. The second-order valence-corrected chi connectivity index (χ2v) is 7.63. The molecule has 4 atom stereocenters. The fourth-order valence-electron chi connectivity index (χ4n) is 4.40. The van der Waals surface area contributed by atoms with Gasteiger partial charge < -0.3 is 10.1 Å². The zero-order valence-electron chi connectivity index (χ0n) is 13.8. The van der Waals surface area contributed by atoms with Crippen molar-refractivity contribution >= 4 is 39.3 Å². The molecule has 0 aromatic heterocycles. The largest absolute Gasteiger partial charge is 0.383 e. The highest BCUT2D eigenvalue weighted by Gasteiger charge is 2.69. The van der Waals surface area contributed by atoms with E-state index in [-0.39, 0.29) is 36.9 Å². The number of hydrogen-bond donors (Lipinski definition) is 2. The van der Waals surface area contributed by atoms with E-state index in [0.717, 1.165) is 4.47 Å². The summed E-state index contributed by atoms with van der Waals surface area (Å²) in [6.07, 6.45) is 0. The number of amides is 3. The number of nitrogens with zero attached hydrogens (tertiary/aromatic N) is 1. The molecular formula is C17H18BrN3O4. The van der Waals surface area contributed by atoms with Crippen LogP contribution in [0.25, 0.3) is 0 Å². The van der Waals surface area contributed by atoms with Crippen LogP contribution in [0.15, 0.2) is 22.7 Å². The minimum atomic E-state index is -1.21. The van der Waals surface area contributed by atoms with Crippen LogP contribution in [0.4, 0.5) is 5.69 Å². The second-order valence-electron chi connectivity index (χ2n) is 6.71. The quantitative estimate of drug-likeness (QED) is 0.724. The highest BCUT2D eigenvalue weighted by atomic mass is 79.9. The molecule has 7 nitrogen and oxygen atoms in total. The van der Waals surface area contributed by atoms with Crippen molar-refractivity contribution in [2.24, 2.45) is 11.8 Å². The Balaban J connectivity index is 1.83. The lowest BCUT2D eigenvalue weighted by Crippen LogP contribution is -2.53. The monoisotopic (exact) mass is 407 g/mol. The number of benzene rings is 1. The van der Waals surface area contributed by atoms with Crippen molar-refractivity contribution in [2.45, 2.75) is 18.5 Å². The first-order valence-corrected chi connectivity index (χ1v) is 8.94. The fourth-order valence-corrected chi connectivity index (χ4v) is 4.76. The Labute approximate surface area is 153 Å². The molecule has 2 N–H and O–H groups in total. The topological polar surface area (TPSA) is 87.7 Å². The van der Waals surface area contributed by atoms with Crippen molar-refractivity contribution in [2.75, 3.05) is 25.6 Å². The van der Waals surface area contributed by atoms with Crippen LogP contribution >= 0.6 is 15.9 Å². The summed E-state index contributed by atoms with van der Waals surface area (Å²) in [5.41, 5.74) is 0.169. The van der Waals surface area contributed by atoms with Gasteiger partial charge in [0.1, 0.15) is 5.54 Å². The van der Waals surface area contributed by atoms with Crippen LogP contribution in [0.5, 0.6) is 0 Å². The molecular weight excluding hydrogens is 390 g/mol. The van der Waals surface area contributed by atoms with E-state index in [4.69, 9.17) is 4.74 Å². The molecule has 0 radical (unpaired) electrons. The van der Waals surface area contributed by atoms with Gasteiger partial charge in [-0.2, -0.15) is 0 Å². The highest BCUT2D eigenvalue weighted by Crippen LogP contribution is 2.53. The number of ether oxygens (including phenoxy) is 1. The van der Waals surface area contributed by atoms with Gasteiger partial charge in [-0.3, -0.25) is 24.6 Å². The van der Waals surface area contributed by atoms with Crippen molar-refractivity contribution in [3.8, 4) is 0 Å². The van der Waals surface area contributed by atoms with Gasteiger partial charge in [0.2, 0.25) is 17.7 Å². The smallest absolute Gasteiger partial charge is 0.250 e. The number of hydrogen-bond acceptors (Lipinski definition) is 5. The Hall–Kier alpha value is -1.77. The Morgan fingerprint density at radius 2 is 2.04 bits per heavy atom. The van der Waals surface area contributed by atoms with E-state index in [1.807, 2.05) is 19.1 Å². The zero-order chi connectivity index (χ0) is 17.9. The average molecular weight is 408 g/mol. The molecule has 0 saturated carbocycles. The molecule has 0 unspecified atom stereocenters. The molecule has 8 heteroatoms. The van der Waals surface area contributed by atoms with Gasteiger partial charge in [0.15, 0.2) is 0 Å². The molecule has 4 rings (SSSR count). The summed E-state index contributed by atoms with van der Waals surface area (Å²) in [6, 6.07) is 5.19. The van der Waals surface area contributed by atoms with Crippen molar-refractivity contribution in [1.29, 1.82) is 0 Å². The molecule has 132 valence electrons. The summed E-state index contributed by atoms with van der Waals surface area (Å²) in [5.74, 6) is -2.14.